The van der Waals surface area contributed by atoms with Crippen LogP contribution in [0.4, 0.5) is 0 Å². The average Bonchev–Trinajstić information content (AvgIpc) is 2.46. The summed E-state index contributed by atoms with van der Waals surface area (Å²) in [5.41, 5.74) is 0. The lowest BCUT2D eigenvalue weighted by molar-refractivity contribution is 0.183. The van der Waals surface area contributed by atoms with Crippen molar-refractivity contribution in [1.82, 2.24) is 0 Å². The second kappa shape index (κ2) is 3.16. The zero-order valence-corrected chi connectivity index (χ0v) is 8.40. The molecule has 0 N–H and O–H groups in total. The van der Waals surface area contributed by atoms with Crippen molar-refractivity contribution >= 4 is 34.4 Å². The largest absolute Gasteiger partial charge is 0.459 e. The summed E-state index contributed by atoms with van der Waals surface area (Å²) >= 11 is 5.08. The Balaban J connectivity index is 2.32. The maximum Gasteiger partial charge on any atom is 0.360 e. The van der Waals surface area contributed by atoms with Crippen LogP contribution >= 0.6 is 34.4 Å². The summed E-state index contributed by atoms with van der Waals surface area (Å²) in [7, 11) is 0. The molecule has 0 spiro atoms. The van der Waals surface area contributed by atoms with Crippen LogP contribution < -0.4 is 9.47 Å². The molecule has 0 atom stereocenters. The summed E-state index contributed by atoms with van der Waals surface area (Å²) in [6.07, 6.45) is 2.06. The van der Waals surface area contributed by atoms with E-state index in [1.807, 2.05) is 0 Å². The molecule has 1 aliphatic heterocycles. The first kappa shape index (κ1) is 7.64. The highest BCUT2D eigenvalue weighted by atomic mass is 32.2. The second-order valence-electron chi connectivity index (χ2n) is 1.93. The van der Waals surface area contributed by atoms with E-state index >= 15 is 0 Å². The summed E-state index contributed by atoms with van der Waals surface area (Å²) in [5, 5.41) is 1.90. The molecule has 0 amide bonds. The first-order valence-corrected chi connectivity index (χ1v) is 6.02. The molecule has 0 aliphatic carbocycles. The molecule has 2 heterocycles. The molecule has 2 nitrogen and oxygen atoms in total. The van der Waals surface area contributed by atoms with E-state index in [4.69, 9.17) is 9.47 Å². The fourth-order valence-electron chi connectivity index (χ4n) is 0.784. The SMILES string of the molecule is CSc1sc2c([s+]1)OCCO2. The molecule has 0 radical (unpaired) electrons. The Morgan fingerprint density at radius 1 is 1.45 bits per heavy atom. The van der Waals surface area contributed by atoms with Crippen molar-refractivity contribution in [3.63, 3.8) is 0 Å². The van der Waals surface area contributed by atoms with Crippen molar-refractivity contribution in [2.75, 3.05) is 19.5 Å². The van der Waals surface area contributed by atoms with Crippen LogP contribution in [0, 0.1) is 0 Å². The van der Waals surface area contributed by atoms with Crippen LogP contribution in [0.2, 0.25) is 0 Å². The maximum atomic E-state index is 5.40. The number of ether oxygens (including phenoxy) is 2. The van der Waals surface area contributed by atoms with Crippen LogP contribution in [0.1, 0.15) is 0 Å². The summed E-state index contributed by atoms with van der Waals surface area (Å²) in [6.45, 7) is 1.38. The van der Waals surface area contributed by atoms with E-state index in [-0.39, 0.29) is 0 Å². The normalized spacial score (nSPS) is 15.0. The highest BCUT2D eigenvalue weighted by molar-refractivity contribution is 8.02. The van der Waals surface area contributed by atoms with Gasteiger partial charge in [0.15, 0.2) is 0 Å². The van der Waals surface area contributed by atoms with Gasteiger partial charge in [-0.1, -0.05) is 11.8 Å². The van der Waals surface area contributed by atoms with Crippen molar-refractivity contribution in [3.05, 3.63) is 0 Å². The number of hydrogen-bond acceptors (Lipinski definition) is 4. The standard InChI is InChI=1S/C6H7O2S3/c1-9-6-10-4-5(11-6)8-3-2-7-4/h2-3H2,1H3/q+1. The van der Waals surface area contributed by atoms with Crippen LogP contribution in [-0.4, -0.2) is 19.5 Å². The van der Waals surface area contributed by atoms with Crippen molar-refractivity contribution in [1.29, 1.82) is 0 Å². The van der Waals surface area contributed by atoms with Gasteiger partial charge >= 0.3 is 13.6 Å². The molecular weight excluding hydrogens is 200 g/mol. The van der Waals surface area contributed by atoms with Crippen LogP contribution in [0.15, 0.2) is 3.52 Å². The molecule has 0 aromatic carbocycles. The number of thioether (sulfide) groups is 1. The molecule has 1 aliphatic rings. The van der Waals surface area contributed by atoms with Gasteiger partial charge in [0.1, 0.15) is 35.9 Å². The Morgan fingerprint density at radius 3 is 3.00 bits per heavy atom. The molecule has 5 heteroatoms. The van der Waals surface area contributed by atoms with Gasteiger partial charge in [-0.05, 0) is 6.26 Å². The highest BCUT2D eigenvalue weighted by Gasteiger charge is 2.28. The van der Waals surface area contributed by atoms with Gasteiger partial charge in [-0.3, -0.25) is 0 Å². The van der Waals surface area contributed by atoms with Crippen molar-refractivity contribution in [2.24, 2.45) is 0 Å². The third-order valence-electron chi connectivity index (χ3n) is 1.24. The molecule has 11 heavy (non-hydrogen) atoms. The number of fused-ring (bicyclic) bond motifs is 1. The molecular formula is C6H7O2S3+. The van der Waals surface area contributed by atoms with Gasteiger partial charge in [0, 0.05) is 0 Å². The quantitative estimate of drug-likeness (QED) is 0.521. The van der Waals surface area contributed by atoms with Crippen LogP contribution in [0.25, 0.3) is 0 Å². The van der Waals surface area contributed by atoms with Gasteiger partial charge in [0.25, 0.3) is 0 Å². The lowest BCUT2D eigenvalue weighted by atomic mass is 10.7. The van der Waals surface area contributed by atoms with E-state index in [1.165, 1.54) is 3.52 Å². The number of rotatable bonds is 1. The van der Waals surface area contributed by atoms with E-state index in [0.29, 0.717) is 13.2 Å². The zero-order chi connectivity index (χ0) is 7.68. The molecule has 1 aromatic heterocycles. The fraction of sp³-hybridized carbons (Fsp3) is 0.500. The molecule has 0 fully saturated rings. The molecule has 60 valence electrons. The van der Waals surface area contributed by atoms with Crippen molar-refractivity contribution < 1.29 is 9.47 Å². The van der Waals surface area contributed by atoms with E-state index in [1.54, 1.807) is 34.4 Å². The van der Waals surface area contributed by atoms with Crippen LogP contribution in [0.5, 0.6) is 10.1 Å². The van der Waals surface area contributed by atoms with E-state index in [9.17, 15) is 0 Å². The number of hydrogen-bond donors (Lipinski definition) is 0. The smallest absolute Gasteiger partial charge is 0.360 e. The topological polar surface area (TPSA) is 18.5 Å². The second-order valence-corrected chi connectivity index (χ2v) is 5.49. The fourth-order valence-corrected chi connectivity index (χ4v) is 3.65. The Morgan fingerprint density at radius 2 is 2.27 bits per heavy atom. The zero-order valence-electron chi connectivity index (χ0n) is 5.96. The Hall–Kier alpha value is -0.000000000000000111. The Bertz CT molecular complexity index is 235. The van der Waals surface area contributed by atoms with Crippen molar-refractivity contribution in [2.45, 2.75) is 3.52 Å². The van der Waals surface area contributed by atoms with E-state index < -0.39 is 0 Å². The lowest BCUT2D eigenvalue weighted by Gasteiger charge is -2.06. The van der Waals surface area contributed by atoms with Crippen molar-refractivity contribution in [3.8, 4) is 10.1 Å². The molecule has 0 saturated heterocycles. The average molecular weight is 207 g/mol. The summed E-state index contributed by atoms with van der Waals surface area (Å²) < 4.78 is 12.1. The van der Waals surface area contributed by atoms with E-state index in [0.717, 1.165) is 10.1 Å². The summed E-state index contributed by atoms with van der Waals surface area (Å²) in [5.74, 6) is 0. The highest BCUT2D eigenvalue weighted by Crippen LogP contribution is 2.47. The predicted octanol–water partition coefficient (Wildman–Crippen LogP) is 2.58. The van der Waals surface area contributed by atoms with Gasteiger partial charge < -0.3 is 9.47 Å². The minimum Gasteiger partial charge on any atom is -0.459 e. The third kappa shape index (κ3) is 1.45. The van der Waals surface area contributed by atoms with Gasteiger partial charge in [-0.15, -0.1) is 0 Å². The Labute approximate surface area is 77.2 Å². The summed E-state index contributed by atoms with van der Waals surface area (Å²) in [6, 6.07) is 0. The van der Waals surface area contributed by atoms with Crippen LogP contribution in [-0.2, 0) is 0 Å². The molecule has 2 rings (SSSR count). The Kier molecular flexibility index (Phi) is 2.20. The predicted molar refractivity (Wildman–Crippen MR) is 49.4 cm³/mol. The first-order valence-electron chi connectivity index (χ1n) is 3.16. The lowest BCUT2D eigenvalue weighted by Crippen LogP contribution is -2.12. The molecule has 0 unspecified atom stereocenters. The molecule has 1 aromatic rings. The molecule has 0 saturated carbocycles. The first-order chi connectivity index (χ1) is 5.40. The molecule has 0 bridgehead atoms. The van der Waals surface area contributed by atoms with Gasteiger partial charge in [-0.25, -0.2) is 0 Å². The summed E-state index contributed by atoms with van der Waals surface area (Å²) in [4.78, 5) is 0. The van der Waals surface area contributed by atoms with Crippen LogP contribution in [0.3, 0.4) is 0 Å². The van der Waals surface area contributed by atoms with Gasteiger partial charge in [0.2, 0.25) is 0 Å². The van der Waals surface area contributed by atoms with E-state index in [2.05, 4.69) is 6.26 Å². The van der Waals surface area contributed by atoms with Gasteiger partial charge in [-0.2, -0.15) is 0 Å². The monoisotopic (exact) mass is 207 g/mol. The minimum absolute atomic E-state index is 0.689. The third-order valence-corrected chi connectivity index (χ3v) is 5.01. The van der Waals surface area contributed by atoms with Gasteiger partial charge in [0.05, 0.1) is 0 Å². The maximum absolute atomic E-state index is 5.40. The minimum atomic E-state index is 0.689.